The third-order valence-electron chi connectivity index (χ3n) is 7.15. The fraction of sp³-hybridized carbons (Fsp3) is 0.464. The quantitative estimate of drug-likeness (QED) is 0.558. The molecule has 186 valence electrons. The minimum absolute atomic E-state index is 0.0401. The Balaban J connectivity index is 1.40. The van der Waals surface area contributed by atoms with Crippen molar-refractivity contribution >= 4 is 18.0 Å². The van der Waals surface area contributed by atoms with Crippen LogP contribution in [0.4, 0.5) is 4.79 Å². The summed E-state index contributed by atoms with van der Waals surface area (Å²) in [5.74, 6) is -1.94. The van der Waals surface area contributed by atoms with Crippen LogP contribution in [0.5, 0.6) is 0 Å². The van der Waals surface area contributed by atoms with Crippen molar-refractivity contribution in [3.63, 3.8) is 0 Å². The molecule has 0 aliphatic heterocycles. The lowest BCUT2D eigenvalue weighted by Crippen LogP contribution is -2.55. The highest BCUT2D eigenvalue weighted by Gasteiger charge is 2.38. The maximum atomic E-state index is 13.0. The van der Waals surface area contributed by atoms with Gasteiger partial charge in [0.25, 0.3) is 0 Å². The Bertz CT molecular complexity index is 1060. The van der Waals surface area contributed by atoms with E-state index >= 15 is 0 Å². The molecular formula is C28H34N2O5. The Hall–Kier alpha value is -3.35. The monoisotopic (exact) mass is 478 g/mol. The molecule has 4 rings (SSSR count). The molecule has 2 aromatic carbocycles. The van der Waals surface area contributed by atoms with E-state index in [-0.39, 0.29) is 18.4 Å². The van der Waals surface area contributed by atoms with Crippen LogP contribution in [0.3, 0.4) is 0 Å². The van der Waals surface area contributed by atoms with Crippen LogP contribution in [0.15, 0.2) is 48.5 Å². The van der Waals surface area contributed by atoms with Crippen molar-refractivity contribution in [1.29, 1.82) is 0 Å². The number of ether oxygens (including phenoxy) is 1. The van der Waals surface area contributed by atoms with Crippen LogP contribution in [0.2, 0.25) is 0 Å². The number of benzene rings is 2. The lowest BCUT2D eigenvalue weighted by atomic mass is 9.82. The number of carbonyl (C=O) groups is 3. The maximum absolute atomic E-state index is 13.0. The topological polar surface area (TPSA) is 105 Å². The molecule has 0 spiro atoms. The highest BCUT2D eigenvalue weighted by atomic mass is 16.5. The first-order valence-corrected chi connectivity index (χ1v) is 12.3. The predicted octanol–water partition coefficient (Wildman–Crippen LogP) is 4.70. The van der Waals surface area contributed by atoms with Crippen molar-refractivity contribution in [3.05, 3.63) is 59.7 Å². The standard InChI is InChI=1S/C28H34N2O5/c1-28(2,3)24(26(32)33)30-25(31)21-14-8-9-15-23(21)29-27(34)35-16-22-19-12-6-4-10-17(19)18-11-5-7-13-20(18)22/h4-7,10-13,21-24H,8-9,14-16H2,1-3H3,(H,29,34)(H,30,31)(H,32,33)/t21?,23?,24-/m1/s1. The number of hydrogen-bond donors (Lipinski definition) is 3. The number of aliphatic carboxylic acids is 1. The summed E-state index contributed by atoms with van der Waals surface area (Å²) in [5, 5.41) is 15.2. The van der Waals surface area contributed by atoms with E-state index in [1.807, 2.05) is 24.3 Å². The lowest BCUT2D eigenvalue weighted by molar-refractivity contribution is -0.146. The summed E-state index contributed by atoms with van der Waals surface area (Å²) in [7, 11) is 0. The third kappa shape index (κ3) is 5.34. The zero-order chi connectivity index (χ0) is 25.2. The maximum Gasteiger partial charge on any atom is 0.407 e. The molecule has 1 saturated carbocycles. The first-order chi connectivity index (χ1) is 16.7. The zero-order valence-electron chi connectivity index (χ0n) is 20.5. The van der Waals surface area contributed by atoms with Crippen molar-refractivity contribution < 1.29 is 24.2 Å². The van der Waals surface area contributed by atoms with Crippen molar-refractivity contribution in [1.82, 2.24) is 10.6 Å². The van der Waals surface area contributed by atoms with Gasteiger partial charge in [-0.05, 0) is 40.5 Å². The minimum atomic E-state index is -1.07. The van der Waals surface area contributed by atoms with E-state index in [4.69, 9.17) is 4.74 Å². The largest absolute Gasteiger partial charge is 0.480 e. The first-order valence-electron chi connectivity index (χ1n) is 12.3. The van der Waals surface area contributed by atoms with Crippen LogP contribution in [-0.2, 0) is 14.3 Å². The highest BCUT2D eigenvalue weighted by Crippen LogP contribution is 2.44. The van der Waals surface area contributed by atoms with Gasteiger partial charge in [0.05, 0.1) is 5.92 Å². The van der Waals surface area contributed by atoms with Gasteiger partial charge >= 0.3 is 12.1 Å². The first kappa shape index (κ1) is 24.8. The summed E-state index contributed by atoms with van der Waals surface area (Å²) < 4.78 is 5.67. The number of rotatable bonds is 6. The van der Waals surface area contributed by atoms with Gasteiger partial charge in [0, 0.05) is 12.0 Å². The van der Waals surface area contributed by atoms with Crippen LogP contribution in [-0.4, -0.2) is 41.8 Å². The molecule has 3 N–H and O–H groups in total. The Labute approximate surface area is 206 Å². The zero-order valence-corrected chi connectivity index (χ0v) is 20.5. The smallest absolute Gasteiger partial charge is 0.407 e. The number of carbonyl (C=O) groups excluding carboxylic acids is 2. The molecular weight excluding hydrogens is 444 g/mol. The molecule has 0 heterocycles. The van der Waals surface area contributed by atoms with Crippen LogP contribution in [0, 0.1) is 11.3 Å². The highest BCUT2D eigenvalue weighted by molar-refractivity contribution is 5.86. The van der Waals surface area contributed by atoms with E-state index in [9.17, 15) is 19.5 Å². The average Bonchev–Trinajstić information content (AvgIpc) is 3.14. The normalized spacial score (nSPS) is 20.3. The van der Waals surface area contributed by atoms with Crippen LogP contribution in [0.1, 0.15) is 63.5 Å². The van der Waals surface area contributed by atoms with E-state index in [0.29, 0.717) is 12.8 Å². The summed E-state index contributed by atoms with van der Waals surface area (Å²) in [4.78, 5) is 37.5. The Morgan fingerprint density at radius 1 is 0.971 bits per heavy atom. The molecule has 3 atom stereocenters. The van der Waals surface area contributed by atoms with Crippen molar-refractivity contribution in [2.75, 3.05) is 6.61 Å². The fourth-order valence-electron chi connectivity index (χ4n) is 5.31. The molecule has 2 aliphatic rings. The second-order valence-electron chi connectivity index (χ2n) is 10.6. The van der Waals surface area contributed by atoms with E-state index in [1.165, 1.54) is 0 Å². The molecule has 0 saturated heterocycles. The number of alkyl carbamates (subject to hydrolysis) is 1. The number of carboxylic acid groups (broad SMARTS) is 1. The third-order valence-corrected chi connectivity index (χ3v) is 7.15. The van der Waals surface area contributed by atoms with E-state index in [0.717, 1.165) is 35.1 Å². The van der Waals surface area contributed by atoms with Crippen molar-refractivity contribution in [2.45, 2.75) is 64.5 Å². The molecule has 0 aromatic heterocycles. The molecule has 2 unspecified atom stereocenters. The van der Waals surface area contributed by atoms with Crippen molar-refractivity contribution in [3.8, 4) is 11.1 Å². The molecule has 7 nitrogen and oxygen atoms in total. The fourth-order valence-corrected chi connectivity index (χ4v) is 5.31. The number of hydrogen-bond acceptors (Lipinski definition) is 4. The molecule has 0 bridgehead atoms. The summed E-state index contributed by atoms with van der Waals surface area (Å²) in [6.45, 7) is 5.53. The summed E-state index contributed by atoms with van der Waals surface area (Å²) in [6.07, 6.45) is 2.43. The number of fused-ring (bicyclic) bond motifs is 3. The Morgan fingerprint density at radius 3 is 2.11 bits per heavy atom. The van der Waals surface area contributed by atoms with E-state index in [1.54, 1.807) is 20.8 Å². The van der Waals surface area contributed by atoms with Gasteiger partial charge in [-0.2, -0.15) is 0 Å². The van der Waals surface area contributed by atoms with E-state index < -0.39 is 35.5 Å². The van der Waals surface area contributed by atoms with Gasteiger partial charge in [0.15, 0.2) is 0 Å². The van der Waals surface area contributed by atoms with E-state index in [2.05, 4.69) is 34.9 Å². The Kier molecular flexibility index (Phi) is 7.15. The average molecular weight is 479 g/mol. The second kappa shape index (κ2) is 10.1. The van der Waals surface area contributed by atoms with Crippen LogP contribution >= 0.6 is 0 Å². The van der Waals surface area contributed by atoms with Gasteiger partial charge in [-0.3, -0.25) is 4.79 Å². The van der Waals surface area contributed by atoms with Gasteiger partial charge in [-0.25, -0.2) is 9.59 Å². The second-order valence-corrected chi connectivity index (χ2v) is 10.6. The van der Waals surface area contributed by atoms with Gasteiger partial charge in [0.1, 0.15) is 12.6 Å². The number of amides is 2. The molecule has 1 fully saturated rings. The molecule has 2 aromatic rings. The molecule has 35 heavy (non-hydrogen) atoms. The van der Waals surface area contributed by atoms with Crippen LogP contribution in [0.25, 0.3) is 11.1 Å². The molecule has 2 amide bonds. The van der Waals surface area contributed by atoms with Gasteiger partial charge in [0.2, 0.25) is 5.91 Å². The Morgan fingerprint density at radius 2 is 1.54 bits per heavy atom. The summed E-state index contributed by atoms with van der Waals surface area (Å²) >= 11 is 0. The lowest BCUT2D eigenvalue weighted by Gasteiger charge is -2.34. The van der Waals surface area contributed by atoms with Gasteiger partial charge < -0.3 is 20.5 Å². The number of carboxylic acids is 1. The SMILES string of the molecule is CC(C)(C)[C@H](NC(=O)C1CCCCC1NC(=O)OCC1c2ccccc2-c2ccccc21)C(=O)O. The van der Waals surface area contributed by atoms with Gasteiger partial charge in [-0.15, -0.1) is 0 Å². The molecule has 2 aliphatic carbocycles. The van der Waals surface area contributed by atoms with Crippen molar-refractivity contribution in [2.24, 2.45) is 11.3 Å². The summed E-state index contributed by atoms with van der Waals surface area (Å²) in [5.41, 5.74) is 3.96. The van der Waals surface area contributed by atoms with Crippen LogP contribution < -0.4 is 10.6 Å². The predicted molar refractivity (Wildman–Crippen MR) is 133 cm³/mol. The number of nitrogens with one attached hydrogen (secondary N) is 2. The molecule has 7 heteroatoms. The minimum Gasteiger partial charge on any atom is -0.480 e. The van der Waals surface area contributed by atoms with Gasteiger partial charge in [-0.1, -0.05) is 82.1 Å². The summed E-state index contributed by atoms with van der Waals surface area (Å²) in [6, 6.07) is 14.9. The molecule has 0 radical (unpaired) electrons.